The van der Waals surface area contributed by atoms with Crippen LogP contribution in [0.3, 0.4) is 0 Å². The minimum absolute atomic E-state index is 0.566. The fourth-order valence-corrected chi connectivity index (χ4v) is 1.81. The average Bonchev–Trinajstić information content (AvgIpc) is 2.20. The third kappa shape index (κ3) is 5.17. The van der Waals surface area contributed by atoms with Crippen LogP contribution in [0.4, 0.5) is 0 Å². The number of nitrogens with one attached hydrogen (secondary N) is 1. The van der Waals surface area contributed by atoms with Crippen molar-refractivity contribution < 1.29 is 10.2 Å². The number of hydrogen-bond acceptors (Lipinski definition) is 3. The number of halogens is 1. The van der Waals surface area contributed by atoms with Gasteiger partial charge in [0.05, 0.1) is 5.60 Å². The van der Waals surface area contributed by atoms with E-state index in [0.717, 1.165) is 15.6 Å². The zero-order valence-corrected chi connectivity index (χ0v) is 12.1. The first-order valence-corrected chi connectivity index (χ1v) is 6.49. The molecular weight excluding hydrogens is 282 g/mol. The molecule has 0 aliphatic heterocycles. The SMILES string of the molecule is Cc1ccc(C(O)NCCC(C)(C)O)cc1Br. The van der Waals surface area contributed by atoms with E-state index in [9.17, 15) is 10.2 Å². The van der Waals surface area contributed by atoms with Gasteiger partial charge in [0.25, 0.3) is 0 Å². The molecule has 1 unspecified atom stereocenters. The number of hydrogen-bond donors (Lipinski definition) is 3. The van der Waals surface area contributed by atoms with Gasteiger partial charge in [-0.1, -0.05) is 28.1 Å². The third-order valence-electron chi connectivity index (χ3n) is 2.59. The Balaban J connectivity index is 2.52. The Labute approximate surface area is 111 Å². The summed E-state index contributed by atoms with van der Waals surface area (Å²) in [6.45, 7) is 6.07. The summed E-state index contributed by atoms with van der Waals surface area (Å²) in [6.07, 6.45) is -0.105. The number of aliphatic hydroxyl groups is 2. The molecule has 0 aliphatic rings. The predicted octanol–water partition coefficient (Wildman–Crippen LogP) is 2.50. The Bertz CT molecular complexity index is 374. The van der Waals surface area contributed by atoms with E-state index >= 15 is 0 Å². The summed E-state index contributed by atoms with van der Waals surface area (Å²) >= 11 is 3.44. The second kappa shape index (κ2) is 5.96. The summed E-state index contributed by atoms with van der Waals surface area (Å²) < 4.78 is 0.985. The molecule has 4 heteroatoms. The Morgan fingerprint density at radius 2 is 2.06 bits per heavy atom. The van der Waals surface area contributed by atoms with Crippen molar-refractivity contribution in [2.45, 2.75) is 39.0 Å². The van der Waals surface area contributed by atoms with E-state index in [0.29, 0.717) is 13.0 Å². The van der Waals surface area contributed by atoms with Crippen molar-refractivity contribution in [1.82, 2.24) is 5.32 Å². The highest BCUT2D eigenvalue weighted by Gasteiger charge is 2.13. The first-order chi connectivity index (χ1) is 7.79. The Kier molecular flexibility index (Phi) is 5.13. The number of aryl methyl sites for hydroxylation is 1. The van der Waals surface area contributed by atoms with Crippen molar-refractivity contribution in [2.75, 3.05) is 6.54 Å². The van der Waals surface area contributed by atoms with Gasteiger partial charge in [-0.3, -0.25) is 5.32 Å². The Morgan fingerprint density at radius 3 is 2.59 bits per heavy atom. The first-order valence-electron chi connectivity index (χ1n) is 5.69. The van der Waals surface area contributed by atoms with Crippen molar-refractivity contribution in [3.8, 4) is 0 Å². The molecule has 1 aromatic carbocycles. The van der Waals surface area contributed by atoms with Gasteiger partial charge in [-0.2, -0.15) is 0 Å². The van der Waals surface area contributed by atoms with Crippen molar-refractivity contribution in [3.05, 3.63) is 33.8 Å². The maximum absolute atomic E-state index is 9.92. The van der Waals surface area contributed by atoms with Crippen LogP contribution in [-0.4, -0.2) is 22.4 Å². The van der Waals surface area contributed by atoms with Crippen LogP contribution in [0.5, 0.6) is 0 Å². The molecule has 0 fully saturated rings. The van der Waals surface area contributed by atoms with Gasteiger partial charge in [-0.15, -0.1) is 0 Å². The van der Waals surface area contributed by atoms with Crippen LogP contribution in [-0.2, 0) is 0 Å². The summed E-state index contributed by atoms with van der Waals surface area (Å²) in [5.74, 6) is 0. The summed E-state index contributed by atoms with van der Waals surface area (Å²) in [7, 11) is 0. The van der Waals surface area contributed by atoms with Gasteiger partial charge in [0.15, 0.2) is 0 Å². The zero-order valence-electron chi connectivity index (χ0n) is 10.5. The molecule has 3 nitrogen and oxygen atoms in total. The summed E-state index contributed by atoms with van der Waals surface area (Å²) in [5, 5.41) is 22.4. The van der Waals surface area contributed by atoms with E-state index in [-0.39, 0.29) is 0 Å². The molecule has 17 heavy (non-hydrogen) atoms. The Morgan fingerprint density at radius 1 is 1.41 bits per heavy atom. The van der Waals surface area contributed by atoms with E-state index in [1.165, 1.54) is 0 Å². The van der Waals surface area contributed by atoms with E-state index in [1.54, 1.807) is 13.8 Å². The minimum atomic E-state index is -0.708. The van der Waals surface area contributed by atoms with Gasteiger partial charge in [0.2, 0.25) is 0 Å². The number of aliphatic hydroxyl groups excluding tert-OH is 1. The van der Waals surface area contributed by atoms with E-state index < -0.39 is 11.8 Å². The quantitative estimate of drug-likeness (QED) is 0.733. The van der Waals surface area contributed by atoms with Crippen LogP contribution in [0.1, 0.15) is 37.6 Å². The largest absolute Gasteiger partial charge is 0.390 e. The molecular formula is C13H20BrNO2. The highest BCUT2D eigenvalue weighted by molar-refractivity contribution is 9.10. The van der Waals surface area contributed by atoms with Crippen LogP contribution < -0.4 is 5.32 Å². The fraction of sp³-hybridized carbons (Fsp3) is 0.538. The van der Waals surface area contributed by atoms with Gasteiger partial charge >= 0.3 is 0 Å². The van der Waals surface area contributed by atoms with Crippen LogP contribution in [0.2, 0.25) is 0 Å². The lowest BCUT2D eigenvalue weighted by atomic mass is 10.1. The van der Waals surface area contributed by atoms with E-state index in [1.807, 2.05) is 25.1 Å². The number of rotatable bonds is 5. The molecule has 0 saturated heterocycles. The van der Waals surface area contributed by atoms with Crippen LogP contribution in [0.15, 0.2) is 22.7 Å². The zero-order chi connectivity index (χ0) is 13.1. The summed E-state index contributed by atoms with van der Waals surface area (Å²) in [5.41, 5.74) is 1.25. The van der Waals surface area contributed by atoms with E-state index in [4.69, 9.17) is 0 Å². The van der Waals surface area contributed by atoms with Gasteiger partial charge < -0.3 is 10.2 Å². The molecule has 96 valence electrons. The summed E-state index contributed by atoms with van der Waals surface area (Å²) in [4.78, 5) is 0. The molecule has 0 aliphatic carbocycles. The predicted molar refractivity (Wildman–Crippen MR) is 72.8 cm³/mol. The maximum Gasteiger partial charge on any atom is 0.131 e. The molecule has 0 radical (unpaired) electrons. The lowest BCUT2D eigenvalue weighted by molar-refractivity contribution is 0.0618. The second-order valence-electron chi connectivity index (χ2n) is 4.93. The molecule has 3 N–H and O–H groups in total. The normalized spacial score (nSPS) is 13.8. The topological polar surface area (TPSA) is 52.5 Å². The first kappa shape index (κ1) is 14.6. The van der Waals surface area contributed by atoms with Crippen molar-refractivity contribution in [1.29, 1.82) is 0 Å². The summed E-state index contributed by atoms with van der Waals surface area (Å²) in [6, 6.07) is 5.75. The van der Waals surface area contributed by atoms with Gasteiger partial charge in [0, 0.05) is 11.0 Å². The molecule has 0 bridgehead atoms. The molecule has 1 atom stereocenters. The lowest BCUT2D eigenvalue weighted by Gasteiger charge is -2.19. The number of benzene rings is 1. The van der Waals surface area contributed by atoms with Gasteiger partial charge in [0.1, 0.15) is 6.23 Å². The third-order valence-corrected chi connectivity index (χ3v) is 3.44. The van der Waals surface area contributed by atoms with Crippen molar-refractivity contribution in [3.63, 3.8) is 0 Å². The average molecular weight is 302 g/mol. The highest BCUT2D eigenvalue weighted by Crippen LogP contribution is 2.20. The Hall–Kier alpha value is -0.420. The standard InChI is InChI=1S/C13H20BrNO2/c1-9-4-5-10(8-11(9)14)12(16)15-7-6-13(2,3)17/h4-5,8,12,15-17H,6-7H2,1-3H3. The molecule has 0 spiro atoms. The second-order valence-corrected chi connectivity index (χ2v) is 5.78. The van der Waals surface area contributed by atoms with Crippen LogP contribution in [0.25, 0.3) is 0 Å². The highest BCUT2D eigenvalue weighted by atomic mass is 79.9. The molecule has 0 heterocycles. The van der Waals surface area contributed by atoms with Crippen LogP contribution >= 0.6 is 15.9 Å². The molecule has 0 amide bonds. The molecule has 0 aromatic heterocycles. The lowest BCUT2D eigenvalue weighted by Crippen LogP contribution is -2.29. The fourth-order valence-electron chi connectivity index (χ4n) is 1.41. The molecule has 1 aromatic rings. The van der Waals surface area contributed by atoms with Crippen LogP contribution in [0, 0.1) is 6.92 Å². The molecule has 0 saturated carbocycles. The van der Waals surface area contributed by atoms with Gasteiger partial charge in [-0.05, 0) is 44.4 Å². The molecule has 1 rings (SSSR count). The maximum atomic E-state index is 9.92. The van der Waals surface area contributed by atoms with Gasteiger partial charge in [-0.25, -0.2) is 0 Å². The minimum Gasteiger partial charge on any atom is -0.390 e. The van der Waals surface area contributed by atoms with Crippen molar-refractivity contribution >= 4 is 15.9 Å². The van der Waals surface area contributed by atoms with Crippen molar-refractivity contribution in [2.24, 2.45) is 0 Å². The van der Waals surface area contributed by atoms with E-state index in [2.05, 4.69) is 21.2 Å². The monoisotopic (exact) mass is 301 g/mol. The smallest absolute Gasteiger partial charge is 0.131 e.